The summed E-state index contributed by atoms with van der Waals surface area (Å²) in [4.78, 5) is 12.0. The molecule has 1 saturated heterocycles. The van der Waals surface area contributed by atoms with E-state index in [4.69, 9.17) is 9.72 Å². The maximum atomic E-state index is 10.5. The van der Waals surface area contributed by atoms with Gasteiger partial charge in [-0.05, 0) is 62.2 Å². The molecule has 2 unspecified atom stereocenters. The van der Waals surface area contributed by atoms with Crippen LogP contribution in [0.4, 0.5) is 11.4 Å². The molecule has 4 heterocycles. The van der Waals surface area contributed by atoms with E-state index in [1.165, 1.54) is 16.6 Å². The number of aliphatic hydroxyl groups excluding tert-OH is 1. The molecule has 7 heteroatoms. The minimum absolute atomic E-state index is 0.336. The van der Waals surface area contributed by atoms with Crippen LogP contribution in [0.5, 0.6) is 5.75 Å². The van der Waals surface area contributed by atoms with Gasteiger partial charge in [-0.3, -0.25) is 15.2 Å². The summed E-state index contributed by atoms with van der Waals surface area (Å²) in [6.45, 7) is 9.88. The van der Waals surface area contributed by atoms with Gasteiger partial charge in [-0.25, -0.2) is 0 Å². The van der Waals surface area contributed by atoms with Gasteiger partial charge in [0.2, 0.25) is 0 Å². The van der Waals surface area contributed by atoms with E-state index in [9.17, 15) is 5.11 Å². The first-order chi connectivity index (χ1) is 18.5. The molecule has 2 N–H and O–H groups in total. The molecule has 198 valence electrons. The van der Waals surface area contributed by atoms with Gasteiger partial charge in [0.25, 0.3) is 0 Å². The quantitative estimate of drug-likeness (QED) is 0.477. The monoisotopic (exact) mass is 511 g/mol. The van der Waals surface area contributed by atoms with Crippen LogP contribution >= 0.6 is 0 Å². The van der Waals surface area contributed by atoms with Crippen LogP contribution in [0, 0.1) is 6.92 Å². The van der Waals surface area contributed by atoms with Crippen LogP contribution in [0.2, 0.25) is 0 Å². The second-order valence-corrected chi connectivity index (χ2v) is 10.6. The second-order valence-electron chi connectivity index (χ2n) is 10.6. The zero-order valence-electron chi connectivity index (χ0n) is 22.5. The van der Waals surface area contributed by atoms with Crippen LogP contribution in [0.3, 0.4) is 0 Å². The maximum absolute atomic E-state index is 10.5. The van der Waals surface area contributed by atoms with Gasteiger partial charge in [-0.1, -0.05) is 31.2 Å². The van der Waals surface area contributed by atoms with E-state index in [-0.39, 0.29) is 0 Å². The fourth-order valence-electron chi connectivity index (χ4n) is 6.07. The molecule has 6 rings (SSSR count). The van der Waals surface area contributed by atoms with E-state index in [1.54, 1.807) is 7.05 Å². The highest BCUT2D eigenvalue weighted by molar-refractivity contribution is 5.92. The van der Waals surface area contributed by atoms with Gasteiger partial charge in [-0.2, -0.15) is 0 Å². The number of allylic oxidation sites excluding steroid dienone is 1. The number of fused-ring (bicyclic) bond motifs is 4. The Labute approximate surface area is 225 Å². The Hall–Kier alpha value is -3.39. The predicted molar refractivity (Wildman–Crippen MR) is 154 cm³/mol. The van der Waals surface area contributed by atoms with E-state index < -0.39 is 6.23 Å². The van der Waals surface area contributed by atoms with Crippen LogP contribution in [0.1, 0.15) is 30.5 Å². The molecule has 7 nitrogen and oxygen atoms in total. The lowest BCUT2D eigenvalue weighted by atomic mass is 9.95. The molecule has 1 fully saturated rings. The van der Waals surface area contributed by atoms with Gasteiger partial charge in [0.05, 0.1) is 16.9 Å². The summed E-state index contributed by atoms with van der Waals surface area (Å²) < 4.78 is 6.38. The van der Waals surface area contributed by atoms with Crippen molar-refractivity contribution in [2.45, 2.75) is 32.4 Å². The number of para-hydroxylation sites is 1. The van der Waals surface area contributed by atoms with Crippen molar-refractivity contribution in [1.82, 2.24) is 15.2 Å². The van der Waals surface area contributed by atoms with Crippen LogP contribution < -0.4 is 19.9 Å². The zero-order chi connectivity index (χ0) is 26.2. The molecule has 0 radical (unpaired) electrons. The Balaban J connectivity index is 1.16. The Kier molecular flexibility index (Phi) is 6.82. The molecule has 0 aliphatic carbocycles. The topological polar surface area (TPSA) is 64.1 Å². The van der Waals surface area contributed by atoms with Gasteiger partial charge in [0, 0.05) is 61.3 Å². The van der Waals surface area contributed by atoms with Crippen molar-refractivity contribution in [2.75, 3.05) is 56.2 Å². The third-order valence-electron chi connectivity index (χ3n) is 8.12. The molecule has 2 atom stereocenters. The summed E-state index contributed by atoms with van der Waals surface area (Å²) in [6, 6.07) is 17.2. The molecule has 0 amide bonds. The van der Waals surface area contributed by atoms with Crippen LogP contribution in [-0.2, 0) is 0 Å². The third kappa shape index (κ3) is 4.55. The van der Waals surface area contributed by atoms with Crippen molar-refractivity contribution in [3.63, 3.8) is 0 Å². The summed E-state index contributed by atoms with van der Waals surface area (Å²) in [6.07, 6.45) is 4.28. The Morgan fingerprint density at radius 1 is 1.03 bits per heavy atom. The third-order valence-corrected chi connectivity index (χ3v) is 8.12. The number of benzene rings is 2. The van der Waals surface area contributed by atoms with Gasteiger partial charge in [0.15, 0.2) is 0 Å². The molecule has 0 spiro atoms. The fourth-order valence-corrected chi connectivity index (χ4v) is 6.07. The number of likely N-dealkylation sites (N-methyl/N-ethyl adjacent to an activating group) is 1. The summed E-state index contributed by atoms with van der Waals surface area (Å²) in [7, 11) is 1.78. The second kappa shape index (κ2) is 10.4. The predicted octanol–water partition coefficient (Wildman–Crippen LogP) is 4.38. The standard InChI is InChI=1S/C31H37N5O2/c1-21(19-34-15-17-35(18-16-34)27-10-5-9-26-24(27)13-12-22(2)33-26)23-7-4-11-28-30(23)38-20-29-25(31(37)32-3)8-6-14-36(28)29/h4-7,9-14,21,31-32,37H,8,15-20H2,1-3H3. The smallest absolute Gasteiger partial charge is 0.147 e. The zero-order valence-corrected chi connectivity index (χ0v) is 22.5. The molecular weight excluding hydrogens is 474 g/mol. The fraction of sp³-hybridized carbons (Fsp3) is 0.387. The van der Waals surface area contributed by atoms with Gasteiger partial charge >= 0.3 is 0 Å². The summed E-state index contributed by atoms with van der Waals surface area (Å²) >= 11 is 0. The number of aromatic nitrogens is 1. The van der Waals surface area contributed by atoms with Gasteiger partial charge in [0.1, 0.15) is 18.6 Å². The highest BCUT2D eigenvalue weighted by Crippen LogP contribution is 2.43. The van der Waals surface area contributed by atoms with Crippen molar-refractivity contribution >= 4 is 22.3 Å². The average molecular weight is 512 g/mol. The number of rotatable bonds is 6. The molecule has 0 bridgehead atoms. The van der Waals surface area contributed by atoms with Crippen LogP contribution in [0.15, 0.2) is 72.1 Å². The molecule has 3 aliphatic rings. The number of nitrogens with zero attached hydrogens (tertiary/aromatic N) is 4. The van der Waals surface area contributed by atoms with Crippen molar-refractivity contribution < 1.29 is 9.84 Å². The number of hydrogen-bond donors (Lipinski definition) is 2. The van der Waals surface area contributed by atoms with Crippen molar-refractivity contribution in [3.05, 3.63) is 83.3 Å². The highest BCUT2D eigenvalue weighted by Gasteiger charge is 2.31. The van der Waals surface area contributed by atoms with E-state index in [1.807, 2.05) is 6.92 Å². The Morgan fingerprint density at radius 2 is 1.82 bits per heavy atom. The van der Waals surface area contributed by atoms with E-state index in [0.29, 0.717) is 12.5 Å². The molecule has 2 aromatic carbocycles. The van der Waals surface area contributed by atoms with Gasteiger partial charge < -0.3 is 19.6 Å². The average Bonchev–Trinajstić information content (AvgIpc) is 2.95. The largest absolute Gasteiger partial charge is 0.485 e. The summed E-state index contributed by atoms with van der Waals surface area (Å²) in [5, 5.41) is 14.6. The van der Waals surface area contributed by atoms with E-state index in [2.05, 4.69) is 87.7 Å². The lowest BCUT2D eigenvalue weighted by Crippen LogP contribution is -2.47. The Bertz CT molecular complexity index is 1390. The Morgan fingerprint density at radius 3 is 2.63 bits per heavy atom. The number of piperazine rings is 1. The number of aryl methyl sites for hydroxylation is 1. The lowest BCUT2D eigenvalue weighted by Gasteiger charge is -2.39. The summed E-state index contributed by atoms with van der Waals surface area (Å²) in [5.74, 6) is 1.30. The molecule has 1 aromatic heterocycles. The van der Waals surface area contributed by atoms with Crippen molar-refractivity contribution in [3.8, 4) is 5.75 Å². The lowest BCUT2D eigenvalue weighted by molar-refractivity contribution is 0.176. The highest BCUT2D eigenvalue weighted by atomic mass is 16.5. The van der Waals surface area contributed by atoms with Crippen LogP contribution in [0.25, 0.3) is 10.9 Å². The molecule has 3 aromatic rings. The number of aliphatic hydroxyl groups is 1. The van der Waals surface area contributed by atoms with Crippen molar-refractivity contribution in [1.29, 1.82) is 0 Å². The molecule has 0 saturated carbocycles. The maximum Gasteiger partial charge on any atom is 0.147 e. The summed E-state index contributed by atoms with van der Waals surface area (Å²) in [5.41, 5.74) is 7.71. The normalized spacial score (nSPS) is 19.3. The number of pyridine rings is 1. The first-order valence-electron chi connectivity index (χ1n) is 13.7. The van der Waals surface area contributed by atoms with E-state index in [0.717, 1.165) is 73.1 Å². The van der Waals surface area contributed by atoms with Crippen LogP contribution in [-0.4, -0.2) is 67.6 Å². The number of ether oxygens (including phenoxy) is 1. The van der Waals surface area contributed by atoms with Crippen molar-refractivity contribution in [2.24, 2.45) is 0 Å². The number of hydrogen-bond acceptors (Lipinski definition) is 7. The SMILES string of the molecule is CNC(O)C1=C2COc3c(C(C)CN4CCN(c5cccc6nc(C)ccc56)CC4)cccc3N2C=CC1. The van der Waals surface area contributed by atoms with E-state index >= 15 is 0 Å². The minimum Gasteiger partial charge on any atom is -0.485 e. The van der Waals surface area contributed by atoms with Gasteiger partial charge in [-0.15, -0.1) is 0 Å². The number of nitrogens with one attached hydrogen (secondary N) is 1. The first kappa shape index (κ1) is 24.9. The first-order valence-corrected chi connectivity index (χ1v) is 13.7. The number of anilines is 2. The molecule has 38 heavy (non-hydrogen) atoms. The molecular formula is C31H37N5O2. The minimum atomic E-state index is -0.669. The molecule has 3 aliphatic heterocycles.